The lowest BCUT2D eigenvalue weighted by atomic mass is 10.0. The lowest BCUT2D eigenvalue weighted by Gasteiger charge is -2.10. The highest BCUT2D eigenvalue weighted by molar-refractivity contribution is 7.89. The lowest BCUT2D eigenvalue weighted by molar-refractivity contribution is -0.119. The number of sulfonamides is 1. The molecule has 0 aromatic heterocycles. The van der Waals surface area contributed by atoms with Crippen molar-refractivity contribution in [3.05, 3.63) is 64.7 Å². The number of halogens is 1. The fraction of sp³-hybridized carbons (Fsp3) is 0.316. The Kier molecular flexibility index (Phi) is 7.20. The van der Waals surface area contributed by atoms with Crippen LogP contribution in [0.2, 0.25) is 5.02 Å². The van der Waals surface area contributed by atoms with Crippen LogP contribution in [0.3, 0.4) is 0 Å². The molecule has 140 valence electrons. The zero-order chi connectivity index (χ0) is 19.2. The zero-order valence-corrected chi connectivity index (χ0v) is 16.4. The van der Waals surface area contributed by atoms with E-state index in [2.05, 4.69) is 10.0 Å². The number of hydrogen-bond acceptors (Lipinski definition) is 3. The van der Waals surface area contributed by atoms with E-state index in [9.17, 15) is 13.2 Å². The normalized spacial score (nSPS) is 11.5. The van der Waals surface area contributed by atoms with Crippen LogP contribution in [-0.4, -0.2) is 27.4 Å². The Bertz CT molecular complexity index is 849. The summed E-state index contributed by atoms with van der Waals surface area (Å²) in [5.74, 6) is -0.0561. The average Bonchev–Trinajstić information content (AvgIpc) is 2.60. The minimum Gasteiger partial charge on any atom is -0.355 e. The molecule has 0 aliphatic heterocycles. The Hall–Kier alpha value is -1.89. The van der Waals surface area contributed by atoms with Crippen LogP contribution >= 0.6 is 11.6 Å². The topological polar surface area (TPSA) is 75.3 Å². The highest BCUT2D eigenvalue weighted by Crippen LogP contribution is 2.17. The van der Waals surface area contributed by atoms with E-state index < -0.39 is 10.0 Å². The third kappa shape index (κ3) is 6.12. The summed E-state index contributed by atoms with van der Waals surface area (Å²) in [6, 6.07) is 14.0. The first-order valence-corrected chi connectivity index (χ1v) is 10.2. The van der Waals surface area contributed by atoms with Gasteiger partial charge in [-0.05, 0) is 47.7 Å². The van der Waals surface area contributed by atoms with Crippen molar-refractivity contribution in [1.82, 2.24) is 10.0 Å². The van der Waals surface area contributed by atoms with Gasteiger partial charge in [0.25, 0.3) is 0 Å². The maximum absolute atomic E-state index is 12.2. The second kappa shape index (κ2) is 9.16. The van der Waals surface area contributed by atoms with Crippen molar-refractivity contribution in [2.75, 3.05) is 13.1 Å². The monoisotopic (exact) mass is 394 g/mol. The summed E-state index contributed by atoms with van der Waals surface area (Å²) in [4.78, 5) is 12.0. The van der Waals surface area contributed by atoms with Crippen LogP contribution in [0, 0.1) is 0 Å². The molecule has 0 aliphatic rings. The van der Waals surface area contributed by atoms with Crippen LogP contribution in [0.25, 0.3) is 0 Å². The van der Waals surface area contributed by atoms with Gasteiger partial charge >= 0.3 is 0 Å². The number of carbonyl (C=O) groups is 1. The summed E-state index contributed by atoms with van der Waals surface area (Å²) < 4.78 is 26.8. The fourth-order valence-electron chi connectivity index (χ4n) is 2.38. The van der Waals surface area contributed by atoms with Gasteiger partial charge in [-0.1, -0.05) is 49.7 Å². The Morgan fingerprint density at radius 3 is 2.42 bits per heavy atom. The number of amides is 1. The third-order valence-corrected chi connectivity index (χ3v) is 5.56. The number of rotatable bonds is 8. The van der Waals surface area contributed by atoms with Gasteiger partial charge in [0.2, 0.25) is 15.9 Å². The minimum atomic E-state index is -3.71. The highest BCUT2D eigenvalue weighted by atomic mass is 35.5. The van der Waals surface area contributed by atoms with Gasteiger partial charge in [-0.3, -0.25) is 4.79 Å². The molecule has 5 nitrogen and oxygen atoms in total. The number of hydrogen-bond donors (Lipinski definition) is 2. The molecule has 0 fully saturated rings. The van der Waals surface area contributed by atoms with Crippen molar-refractivity contribution >= 4 is 27.5 Å². The maximum Gasteiger partial charge on any atom is 0.241 e. The first kappa shape index (κ1) is 20.4. The van der Waals surface area contributed by atoms with E-state index >= 15 is 0 Å². The summed E-state index contributed by atoms with van der Waals surface area (Å²) >= 11 is 5.91. The molecule has 0 atom stereocenters. The van der Waals surface area contributed by atoms with Crippen molar-refractivity contribution in [2.24, 2.45) is 0 Å². The van der Waals surface area contributed by atoms with Crippen LogP contribution in [0.4, 0.5) is 0 Å². The van der Waals surface area contributed by atoms with E-state index in [1.54, 1.807) is 30.3 Å². The van der Waals surface area contributed by atoms with Crippen LogP contribution in [0.1, 0.15) is 30.9 Å². The molecule has 2 aromatic carbocycles. The van der Waals surface area contributed by atoms with Gasteiger partial charge in [0, 0.05) is 11.6 Å². The van der Waals surface area contributed by atoms with Gasteiger partial charge in [0.1, 0.15) is 0 Å². The summed E-state index contributed by atoms with van der Waals surface area (Å²) in [7, 11) is -3.71. The van der Waals surface area contributed by atoms with Gasteiger partial charge in [0.15, 0.2) is 0 Å². The molecule has 0 unspecified atom stereocenters. The van der Waals surface area contributed by atoms with Crippen molar-refractivity contribution < 1.29 is 13.2 Å². The van der Waals surface area contributed by atoms with E-state index in [0.717, 1.165) is 11.1 Å². The fourth-order valence-corrected chi connectivity index (χ4v) is 3.57. The molecule has 0 bridgehead atoms. The summed E-state index contributed by atoms with van der Waals surface area (Å²) in [5.41, 5.74) is 2.06. The third-order valence-electron chi connectivity index (χ3n) is 3.90. The molecular formula is C19H23ClN2O3S. The van der Waals surface area contributed by atoms with E-state index in [-0.39, 0.29) is 17.3 Å². The smallest absolute Gasteiger partial charge is 0.241 e. The van der Waals surface area contributed by atoms with Gasteiger partial charge in [0.05, 0.1) is 11.4 Å². The largest absolute Gasteiger partial charge is 0.355 e. The number of benzene rings is 2. The van der Waals surface area contributed by atoms with E-state index in [1.807, 2.05) is 32.0 Å². The van der Waals surface area contributed by atoms with Crippen LogP contribution in [0.15, 0.2) is 53.4 Å². The molecular weight excluding hydrogens is 372 g/mol. The van der Waals surface area contributed by atoms with E-state index in [4.69, 9.17) is 11.6 Å². The van der Waals surface area contributed by atoms with Crippen LogP contribution in [-0.2, 0) is 21.2 Å². The van der Waals surface area contributed by atoms with Gasteiger partial charge in [-0.15, -0.1) is 0 Å². The van der Waals surface area contributed by atoms with Gasteiger partial charge < -0.3 is 5.32 Å². The summed E-state index contributed by atoms with van der Waals surface area (Å²) in [6.45, 7) is 4.18. The molecule has 2 rings (SSSR count). The Morgan fingerprint density at radius 2 is 1.81 bits per heavy atom. The standard InChI is InChI=1S/C19H23ClN2O3S/c1-14(2)16-6-8-18(9-7-16)26(24,25)22-13-19(23)21-11-10-15-4-3-5-17(20)12-15/h3-9,12,14,22H,10-11,13H2,1-2H3,(H,21,23). The lowest BCUT2D eigenvalue weighted by Crippen LogP contribution is -2.37. The summed E-state index contributed by atoms with van der Waals surface area (Å²) in [5, 5.41) is 3.33. The molecule has 0 saturated carbocycles. The van der Waals surface area contributed by atoms with Crippen molar-refractivity contribution in [1.29, 1.82) is 0 Å². The van der Waals surface area contributed by atoms with Gasteiger partial charge in [-0.2, -0.15) is 0 Å². The molecule has 26 heavy (non-hydrogen) atoms. The van der Waals surface area contributed by atoms with E-state index in [1.165, 1.54) is 0 Å². The summed E-state index contributed by atoms with van der Waals surface area (Å²) in [6.07, 6.45) is 0.621. The number of nitrogens with one attached hydrogen (secondary N) is 2. The maximum atomic E-state index is 12.2. The zero-order valence-electron chi connectivity index (χ0n) is 14.8. The molecule has 0 saturated heterocycles. The molecule has 7 heteroatoms. The first-order chi connectivity index (χ1) is 12.3. The minimum absolute atomic E-state index is 0.147. The van der Waals surface area contributed by atoms with Gasteiger partial charge in [-0.25, -0.2) is 13.1 Å². The Morgan fingerprint density at radius 1 is 1.12 bits per heavy atom. The molecule has 1 amide bonds. The molecule has 0 aliphatic carbocycles. The predicted molar refractivity (Wildman–Crippen MR) is 104 cm³/mol. The van der Waals surface area contributed by atoms with Crippen molar-refractivity contribution in [3.63, 3.8) is 0 Å². The van der Waals surface area contributed by atoms with E-state index in [0.29, 0.717) is 23.9 Å². The Labute approximate surface area is 159 Å². The number of carbonyl (C=O) groups excluding carboxylic acids is 1. The SMILES string of the molecule is CC(C)c1ccc(S(=O)(=O)NCC(=O)NCCc2cccc(Cl)c2)cc1. The predicted octanol–water partition coefficient (Wildman–Crippen LogP) is 3.10. The average molecular weight is 395 g/mol. The van der Waals surface area contributed by atoms with Crippen molar-refractivity contribution in [2.45, 2.75) is 31.1 Å². The molecule has 0 radical (unpaired) electrons. The molecule has 0 spiro atoms. The second-order valence-corrected chi connectivity index (χ2v) is 8.48. The Balaban J connectivity index is 1.81. The van der Waals surface area contributed by atoms with Crippen LogP contribution in [0.5, 0.6) is 0 Å². The molecule has 0 heterocycles. The molecule has 2 aromatic rings. The molecule has 2 N–H and O–H groups in total. The van der Waals surface area contributed by atoms with Crippen LogP contribution < -0.4 is 10.0 Å². The highest BCUT2D eigenvalue weighted by Gasteiger charge is 2.15. The van der Waals surface area contributed by atoms with Crippen molar-refractivity contribution in [3.8, 4) is 0 Å². The first-order valence-electron chi connectivity index (χ1n) is 8.39. The quantitative estimate of drug-likeness (QED) is 0.722. The second-order valence-electron chi connectivity index (χ2n) is 6.28.